The van der Waals surface area contributed by atoms with E-state index < -0.39 is 0 Å². The van der Waals surface area contributed by atoms with Crippen LogP contribution >= 0.6 is 0 Å². The van der Waals surface area contributed by atoms with Crippen LogP contribution in [0.1, 0.15) is 31.0 Å². The SMILES string of the molecule is CCOc1cccc(OCCN2CCOCC2)c1C(C)Nc1ccc(O)c(C)c1. The average molecular weight is 401 g/mol. The van der Waals surface area contributed by atoms with Crippen LogP contribution in [0.4, 0.5) is 5.69 Å². The minimum absolute atomic E-state index is 0.0277. The molecular weight excluding hydrogens is 368 g/mol. The minimum atomic E-state index is -0.0277. The van der Waals surface area contributed by atoms with Gasteiger partial charge in [0.05, 0.1) is 31.4 Å². The van der Waals surface area contributed by atoms with E-state index in [1.165, 1.54) is 0 Å². The highest BCUT2D eigenvalue weighted by Crippen LogP contribution is 2.36. The summed E-state index contributed by atoms with van der Waals surface area (Å²) >= 11 is 0. The lowest BCUT2D eigenvalue weighted by Crippen LogP contribution is -2.38. The van der Waals surface area contributed by atoms with Crippen LogP contribution in [0.25, 0.3) is 0 Å². The van der Waals surface area contributed by atoms with Crippen LogP contribution in [0.15, 0.2) is 36.4 Å². The van der Waals surface area contributed by atoms with Crippen LogP contribution in [0, 0.1) is 6.92 Å². The van der Waals surface area contributed by atoms with Gasteiger partial charge in [-0.05, 0) is 56.7 Å². The van der Waals surface area contributed by atoms with Crippen LogP contribution in [0.2, 0.25) is 0 Å². The zero-order valence-electron chi connectivity index (χ0n) is 17.6. The molecule has 6 nitrogen and oxygen atoms in total. The Morgan fingerprint density at radius 2 is 1.86 bits per heavy atom. The summed E-state index contributed by atoms with van der Waals surface area (Å²) in [5.41, 5.74) is 2.78. The zero-order valence-corrected chi connectivity index (χ0v) is 17.6. The van der Waals surface area contributed by atoms with Crippen LogP contribution in [0.5, 0.6) is 17.2 Å². The Bertz CT molecular complexity index is 790. The van der Waals surface area contributed by atoms with E-state index in [1.807, 2.05) is 44.2 Å². The van der Waals surface area contributed by atoms with E-state index in [9.17, 15) is 5.11 Å². The second kappa shape index (κ2) is 10.4. The molecular formula is C23H32N2O4. The first-order chi connectivity index (χ1) is 14.1. The second-order valence-electron chi connectivity index (χ2n) is 7.27. The first-order valence-electron chi connectivity index (χ1n) is 10.3. The molecule has 1 heterocycles. The normalized spacial score (nSPS) is 15.7. The third kappa shape index (κ3) is 5.78. The average Bonchev–Trinajstić information content (AvgIpc) is 2.72. The fourth-order valence-electron chi connectivity index (χ4n) is 3.53. The molecule has 1 aliphatic heterocycles. The fraction of sp³-hybridized carbons (Fsp3) is 0.478. The van der Waals surface area contributed by atoms with Gasteiger partial charge in [0.15, 0.2) is 0 Å². The first-order valence-corrected chi connectivity index (χ1v) is 10.3. The number of nitrogens with one attached hydrogen (secondary N) is 1. The molecule has 2 aromatic rings. The van der Waals surface area contributed by atoms with E-state index in [4.69, 9.17) is 14.2 Å². The van der Waals surface area contributed by atoms with E-state index >= 15 is 0 Å². The number of phenolic OH excluding ortho intramolecular Hbond substituents is 1. The standard InChI is InChI=1S/C23H32N2O4/c1-4-28-21-6-5-7-22(29-15-12-25-10-13-27-14-11-25)23(21)18(3)24-19-8-9-20(26)17(2)16-19/h5-9,16,18,24,26H,4,10-15H2,1-3H3. The highest BCUT2D eigenvalue weighted by atomic mass is 16.5. The van der Waals surface area contributed by atoms with Crippen LogP contribution in [0.3, 0.4) is 0 Å². The molecule has 1 aliphatic rings. The molecule has 0 radical (unpaired) electrons. The second-order valence-corrected chi connectivity index (χ2v) is 7.27. The van der Waals surface area contributed by atoms with Gasteiger partial charge in [-0.25, -0.2) is 0 Å². The summed E-state index contributed by atoms with van der Waals surface area (Å²) in [6, 6.07) is 11.4. The third-order valence-corrected chi connectivity index (χ3v) is 5.11. The molecule has 0 aliphatic carbocycles. The van der Waals surface area contributed by atoms with Gasteiger partial charge in [-0.3, -0.25) is 4.90 Å². The van der Waals surface area contributed by atoms with E-state index in [0.717, 1.165) is 61.2 Å². The Morgan fingerprint density at radius 1 is 1.14 bits per heavy atom. The maximum Gasteiger partial charge on any atom is 0.128 e. The molecule has 1 atom stereocenters. The van der Waals surface area contributed by atoms with Gasteiger partial charge in [0.25, 0.3) is 0 Å². The molecule has 0 bridgehead atoms. The minimum Gasteiger partial charge on any atom is -0.508 e. The molecule has 3 rings (SSSR count). The highest BCUT2D eigenvalue weighted by Gasteiger charge is 2.19. The molecule has 1 unspecified atom stereocenters. The molecule has 158 valence electrons. The van der Waals surface area contributed by atoms with Crippen molar-refractivity contribution < 1.29 is 19.3 Å². The quantitative estimate of drug-likeness (QED) is 0.621. The van der Waals surface area contributed by atoms with Crippen LogP contribution in [-0.2, 0) is 4.74 Å². The monoisotopic (exact) mass is 400 g/mol. The predicted octanol–water partition coefficient (Wildman–Crippen LogP) is 3.98. The summed E-state index contributed by atoms with van der Waals surface area (Å²) < 4.78 is 17.5. The topological polar surface area (TPSA) is 63.2 Å². The number of hydrogen-bond acceptors (Lipinski definition) is 6. The summed E-state index contributed by atoms with van der Waals surface area (Å²) in [5.74, 6) is 1.96. The Labute approximate surface area is 173 Å². The molecule has 29 heavy (non-hydrogen) atoms. The molecule has 1 saturated heterocycles. The maximum absolute atomic E-state index is 9.78. The number of nitrogens with zero attached hydrogens (tertiary/aromatic N) is 1. The Balaban J connectivity index is 1.73. The van der Waals surface area contributed by atoms with Gasteiger partial charge in [-0.1, -0.05) is 6.07 Å². The van der Waals surface area contributed by atoms with E-state index in [0.29, 0.717) is 19.0 Å². The molecule has 2 N–H and O–H groups in total. The summed E-state index contributed by atoms with van der Waals surface area (Å²) in [7, 11) is 0. The number of aryl methyl sites for hydroxylation is 1. The molecule has 0 spiro atoms. The number of hydrogen-bond donors (Lipinski definition) is 2. The van der Waals surface area contributed by atoms with Gasteiger partial charge in [-0.15, -0.1) is 0 Å². The van der Waals surface area contributed by atoms with Gasteiger partial charge < -0.3 is 24.6 Å². The molecule has 2 aromatic carbocycles. The maximum atomic E-state index is 9.78. The number of rotatable bonds is 9. The smallest absolute Gasteiger partial charge is 0.128 e. The van der Waals surface area contributed by atoms with Crippen molar-refractivity contribution in [1.82, 2.24) is 4.90 Å². The molecule has 0 saturated carbocycles. The molecule has 6 heteroatoms. The summed E-state index contributed by atoms with van der Waals surface area (Å²) in [5, 5.41) is 13.3. The van der Waals surface area contributed by atoms with Gasteiger partial charge in [0.2, 0.25) is 0 Å². The number of aromatic hydroxyl groups is 1. The molecule has 0 amide bonds. The van der Waals surface area contributed by atoms with E-state index in [2.05, 4.69) is 17.1 Å². The van der Waals surface area contributed by atoms with Crippen molar-refractivity contribution in [3.8, 4) is 17.2 Å². The lowest BCUT2D eigenvalue weighted by atomic mass is 10.0. The van der Waals surface area contributed by atoms with Crippen molar-refractivity contribution in [3.05, 3.63) is 47.5 Å². The van der Waals surface area contributed by atoms with Crippen molar-refractivity contribution in [2.24, 2.45) is 0 Å². The van der Waals surface area contributed by atoms with Crippen LogP contribution in [-0.4, -0.2) is 56.1 Å². The first kappa shape index (κ1) is 21.3. The molecule has 1 fully saturated rings. The zero-order chi connectivity index (χ0) is 20.6. The number of anilines is 1. The summed E-state index contributed by atoms with van der Waals surface area (Å²) in [6.45, 7) is 11.5. The fourth-order valence-corrected chi connectivity index (χ4v) is 3.53. The lowest BCUT2D eigenvalue weighted by Gasteiger charge is -2.27. The lowest BCUT2D eigenvalue weighted by molar-refractivity contribution is 0.0322. The van der Waals surface area contributed by atoms with Gasteiger partial charge in [0.1, 0.15) is 23.9 Å². The van der Waals surface area contributed by atoms with E-state index in [1.54, 1.807) is 6.07 Å². The Morgan fingerprint density at radius 3 is 2.55 bits per heavy atom. The predicted molar refractivity (Wildman–Crippen MR) is 115 cm³/mol. The summed E-state index contributed by atoms with van der Waals surface area (Å²) in [6.07, 6.45) is 0. The van der Waals surface area contributed by atoms with Crippen molar-refractivity contribution in [3.63, 3.8) is 0 Å². The Hall–Kier alpha value is -2.44. The third-order valence-electron chi connectivity index (χ3n) is 5.11. The van der Waals surface area contributed by atoms with Crippen molar-refractivity contribution in [2.45, 2.75) is 26.8 Å². The van der Waals surface area contributed by atoms with Crippen molar-refractivity contribution >= 4 is 5.69 Å². The van der Waals surface area contributed by atoms with Crippen molar-refractivity contribution in [2.75, 3.05) is 51.4 Å². The van der Waals surface area contributed by atoms with Crippen molar-refractivity contribution in [1.29, 1.82) is 0 Å². The summed E-state index contributed by atoms with van der Waals surface area (Å²) in [4.78, 5) is 2.36. The number of morpholine rings is 1. The largest absolute Gasteiger partial charge is 0.508 e. The van der Waals surface area contributed by atoms with Gasteiger partial charge >= 0.3 is 0 Å². The molecule has 0 aromatic heterocycles. The van der Waals surface area contributed by atoms with Gasteiger partial charge in [-0.2, -0.15) is 0 Å². The highest BCUT2D eigenvalue weighted by molar-refractivity contribution is 5.55. The number of ether oxygens (including phenoxy) is 3. The van der Waals surface area contributed by atoms with Gasteiger partial charge in [0, 0.05) is 25.3 Å². The van der Waals surface area contributed by atoms with E-state index in [-0.39, 0.29) is 6.04 Å². The Kier molecular flexibility index (Phi) is 7.61. The number of phenols is 1. The number of benzene rings is 2. The van der Waals surface area contributed by atoms with Crippen LogP contribution < -0.4 is 14.8 Å².